The van der Waals surface area contributed by atoms with Crippen LogP contribution in [0.5, 0.6) is 11.5 Å². The first-order valence-corrected chi connectivity index (χ1v) is 8.47. The largest absolute Gasteiger partial charge is 0.454 e. The van der Waals surface area contributed by atoms with Crippen molar-refractivity contribution in [2.24, 2.45) is 5.41 Å². The van der Waals surface area contributed by atoms with E-state index in [9.17, 15) is 9.59 Å². The molecule has 1 aromatic carbocycles. The van der Waals surface area contributed by atoms with Gasteiger partial charge >= 0.3 is 6.09 Å². The van der Waals surface area contributed by atoms with E-state index in [0.717, 1.165) is 37.3 Å². The average molecular weight is 348 g/mol. The van der Waals surface area contributed by atoms with Crippen molar-refractivity contribution in [3.05, 3.63) is 23.8 Å². The molecule has 2 aliphatic rings. The Kier molecular flexibility index (Phi) is 5.01. The summed E-state index contributed by atoms with van der Waals surface area (Å²) < 4.78 is 15.3. The van der Waals surface area contributed by atoms with Gasteiger partial charge in [-0.1, -0.05) is 13.0 Å². The minimum atomic E-state index is -0.589. The Balaban J connectivity index is 1.61. The van der Waals surface area contributed by atoms with Crippen molar-refractivity contribution < 1.29 is 23.8 Å². The van der Waals surface area contributed by atoms with Crippen LogP contribution in [0, 0.1) is 5.41 Å². The molecule has 0 aliphatic carbocycles. The third-order valence-corrected chi connectivity index (χ3v) is 4.77. The maximum Gasteiger partial charge on any atom is 0.407 e. The number of carbonyl (C=O) groups is 2. The Bertz CT molecular complexity index is 663. The van der Waals surface area contributed by atoms with Crippen molar-refractivity contribution in [2.45, 2.75) is 26.2 Å². The van der Waals surface area contributed by atoms with Gasteiger partial charge in [-0.3, -0.25) is 4.79 Å². The number of nitrogens with zero attached hydrogens (tertiary/aromatic N) is 1. The highest BCUT2D eigenvalue weighted by atomic mass is 16.7. The minimum Gasteiger partial charge on any atom is -0.454 e. The number of hydrogen-bond acceptors (Lipinski definition) is 5. The van der Waals surface area contributed by atoms with Gasteiger partial charge in [0.2, 0.25) is 12.7 Å². The zero-order valence-corrected chi connectivity index (χ0v) is 14.7. The Morgan fingerprint density at radius 2 is 2.12 bits per heavy atom. The van der Waals surface area contributed by atoms with Crippen molar-refractivity contribution in [3.63, 3.8) is 0 Å². The zero-order valence-electron chi connectivity index (χ0n) is 14.7. The first kappa shape index (κ1) is 17.4. The summed E-state index contributed by atoms with van der Waals surface area (Å²) in [7, 11) is 1.28. The summed E-state index contributed by atoms with van der Waals surface area (Å²) in [5.74, 6) is 1.48. The number of ether oxygens (including phenoxy) is 3. The van der Waals surface area contributed by atoms with Crippen LogP contribution in [-0.2, 0) is 16.0 Å². The van der Waals surface area contributed by atoms with Gasteiger partial charge in [-0.15, -0.1) is 0 Å². The van der Waals surface area contributed by atoms with E-state index < -0.39 is 6.09 Å². The summed E-state index contributed by atoms with van der Waals surface area (Å²) in [6.45, 7) is 3.82. The first-order chi connectivity index (χ1) is 12.0. The number of nitrogens with one attached hydrogen (secondary N) is 1. The van der Waals surface area contributed by atoms with Gasteiger partial charge in [0, 0.05) is 13.1 Å². The highest BCUT2D eigenvalue weighted by molar-refractivity contribution is 5.82. The summed E-state index contributed by atoms with van der Waals surface area (Å²) in [6, 6.07) is 6.01. The van der Waals surface area contributed by atoms with Crippen LogP contribution in [-0.4, -0.2) is 50.4 Å². The Labute approximate surface area is 147 Å². The summed E-state index contributed by atoms with van der Waals surface area (Å²) in [6.07, 6.45) is 2.27. The van der Waals surface area contributed by atoms with Gasteiger partial charge < -0.3 is 24.4 Å². The number of benzene rings is 1. The molecule has 0 unspecified atom stereocenters. The van der Waals surface area contributed by atoms with Gasteiger partial charge in [0.05, 0.1) is 7.11 Å². The monoisotopic (exact) mass is 348 g/mol. The van der Waals surface area contributed by atoms with Gasteiger partial charge in [0.15, 0.2) is 11.5 Å². The number of likely N-dealkylation sites (tertiary alicyclic amines) is 1. The molecule has 0 saturated carbocycles. The Hall–Kier alpha value is -2.44. The van der Waals surface area contributed by atoms with E-state index in [1.165, 1.54) is 12.7 Å². The number of methoxy groups -OCH3 is 1. The normalized spacial score (nSPS) is 21.8. The summed E-state index contributed by atoms with van der Waals surface area (Å²) in [4.78, 5) is 25.3. The molecule has 0 bridgehead atoms. The van der Waals surface area contributed by atoms with Crippen molar-refractivity contribution in [1.82, 2.24) is 10.2 Å². The van der Waals surface area contributed by atoms with Crippen molar-refractivity contribution in [3.8, 4) is 11.5 Å². The Morgan fingerprint density at radius 3 is 2.92 bits per heavy atom. The van der Waals surface area contributed by atoms with Crippen LogP contribution in [0.1, 0.15) is 25.3 Å². The number of piperidine rings is 1. The zero-order chi connectivity index (χ0) is 17.9. The van der Waals surface area contributed by atoms with E-state index in [1.807, 2.05) is 17.0 Å². The minimum absolute atomic E-state index is 0.00707. The number of rotatable bonds is 4. The number of fused-ring (bicyclic) bond motifs is 1. The predicted molar refractivity (Wildman–Crippen MR) is 90.6 cm³/mol. The fourth-order valence-corrected chi connectivity index (χ4v) is 3.55. The molecule has 2 aliphatic heterocycles. The van der Waals surface area contributed by atoms with Gasteiger partial charge in [-0.05, 0) is 42.4 Å². The molecule has 1 aromatic rings. The average Bonchev–Trinajstić information content (AvgIpc) is 3.06. The molecule has 1 N–H and O–H groups in total. The molecule has 2 heterocycles. The molecular formula is C18H24N2O5. The second-order valence-corrected chi connectivity index (χ2v) is 6.94. The van der Waals surface area contributed by atoms with Crippen LogP contribution in [0.3, 0.4) is 0 Å². The van der Waals surface area contributed by atoms with Gasteiger partial charge in [0.1, 0.15) is 6.54 Å². The van der Waals surface area contributed by atoms with E-state index in [4.69, 9.17) is 9.47 Å². The third kappa shape index (κ3) is 4.15. The lowest BCUT2D eigenvalue weighted by Gasteiger charge is -2.40. The van der Waals surface area contributed by atoms with Gasteiger partial charge in [-0.25, -0.2) is 4.79 Å². The van der Waals surface area contributed by atoms with Crippen LogP contribution in [0.2, 0.25) is 0 Å². The molecule has 0 aromatic heterocycles. The topological polar surface area (TPSA) is 77.1 Å². The molecule has 136 valence electrons. The smallest absolute Gasteiger partial charge is 0.407 e. The summed E-state index contributed by atoms with van der Waals surface area (Å²) >= 11 is 0. The lowest BCUT2D eigenvalue weighted by Crippen LogP contribution is -2.49. The molecule has 2 amide bonds. The molecule has 1 fully saturated rings. The molecule has 1 saturated heterocycles. The van der Waals surface area contributed by atoms with E-state index in [0.29, 0.717) is 6.54 Å². The van der Waals surface area contributed by atoms with Crippen molar-refractivity contribution in [1.29, 1.82) is 0 Å². The summed E-state index contributed by atoms with van der Waals surface area (Å²) in [5, 5.41) is 2.45. The maximum absolute atomic E-state index is 12.3. The fourth-order valence-electron chi connectivity index (χ4n) is 3.55. The first-order valence-electron chi connectivity index (χ1n) is 8.47. The van der Waals surface area contributed by atoms with Crippen molar-refractivity contribution in [2.75, 3.05) is 33.5 Å². The molecule has 7 heteroatoms. The highest BCUT2D eigenvalue weighted by Crippen LogP contribution is 2.37. The fraction of sp³-hybridized carbons (Fsp3) is 0.556. The molecule has 3 rings (SSSR count). The molecule has 7 nitrogen and oxygen atoms in total. The summed E-state index contributed by atoms with van der Waals surface area (Å²) in [5.41, 5.74) is 1.17. The lowest BCUT2D eigenvalue weighted by atomic mass is 9.77. The molecule has 0 radical (unpaired) electrons. The van der Waals surface area contributed by atoms with Crippen molar-refractivity contribution >= 4 is 12.0 Å². The number of carbonyl (C=O) groups excluding carboxylic acids is 2. The highest BCUT2D eigenvalue weighted by Gasteiger charge is 2.33. The molecule has 1 atom stereocenters. The van der Waals surface area contributed by atoms with Crippen LogP contribution in [0.15, 0.2) is 18.2 Å². The van der Waals surface area contributed by atoms with E-state index in [-0.39, 0.29) is 24.7 Å². The van der Waals surface area contributed by atoms with E-state index in [1.54, 1.807) is 0 Å². The predicted octanol–water partition coefficient (Wildman–Crippen LogP) is 1.94. The quantitative estimate of drug-likeness (QED) is 0.900. The van der Waals surface area contributed by atoms with Crippen LogP contribution < -0.4 is 14.8 Å². The van der Waals surface area contributed by atoms with Crippen LogP contribution in [0.4, 0.5) is 4.79 Å². The SMILES string of the molecule is COC(=O)NCC(=O)N1CCC[C@@](C)(Cc2ccc3c(c2)OCO3)C1. The van der Waals surface area contributed by atoms with E-state index >= 15 is 0 Å². The maximum atomic E-state index is 12.3. The number of hydrogen-bond donors (Lipinski definition) is 1. The number of alkyl carbamates (subject to hydrolysis) is 1. The third-order valence-electron chi connectivity index (χ3n) is 4.77. The second-order valence-electron chi connectivity index (χ2n) is 6.94. The van der Waals surface area contributed by atoms with Crippen LogP contribution >= 0.6 is 0 Å². The Morgan fingerprint density at radius 1 is 1.32 bits per heavy atom. The molecule has 0 spiro atoms. The second kappa shape index (κ2) is 7.21. The molecule has 25 heavy (non-hydrogen) atoms. The molecular weight excluding hydrogens is 324 g/mol. The number of amides is 2. The standard InChI is InChI=1S/C18H24N2O5/c1-18(9-13-4-5-14-15(8-13)25-12-24-14)6-3-7-20(11-18)16(21)10-19-17(22)23-2/h4-5,8H,3,6-7,9-12H2,1-2H3,(H,19,22)/t18-/m0/s1. The van der Waals surface area contributed by atoms with E-state index in [2.05, 4.69) is 23.0 Å². The lowest BCUT2D eigenvalue weighted by molar-refractivity contribution is -0.133. The van der Waals surface area contributed by atoms with Gasteiger partial charge in [-0.2, -0.15) is 0 Å². The van der Waals surface area contributed by atoms with Crippen LogP contribution in [0.25, 0.3) is 0 Å². The van der Waals surface area contributed by atoms with Gasteiger partial charge in [0.25, 0.3) is 0 Å².